The summed E-state index contributed by atoms with van der Waals surface area (Å²) in [5, 5.41) is -0.746. The molecule has 1 fully saturated rings. The van der Waals surface area contributed by atoms with Crippen molar-refractivity contribution in [3.63, 3.8) is 0 Å². The first-order valence-corrected chi connectivity index (χ1v) is 8.42. The molecule has 2 unspecified atom stereocenters. The van der Waals surface area contributed by atoms with Crippen molar-refractivity contribution in [3.05, 3.63) is 12.7 Å². The molecule has 0 aromatic heterocycles. The van der Waals surface area contributed by atoms with Crippen molar-refractivity contribution in [3.8, 4) is 0 Å². The van der Waals surface area contributed by atoms with Gasteiger partial charge in [-0.05, 0) is 6.42 Å². The zero-order valence-electron chi connectivity index (χ0n) is 9.83. The highest BCUT2D eigenvalue weighted by atomic mass is 32.2. The molecule has 0 aromatic rings. The van der Waals surface area contributed by atoms with Crippen LogP contribution in [0.3, 0.4) is 0 Å². The van der Waals surface area contributed by atoms with Gasteiger partial charge in [0.25, 0.3) is 0 Å². The van der Waals surface area contributed by atoms with Gasteiger partial charge in [-0.15, -0.1) is 6.58 Å². The molecular weight excluding hydrogens is 260 g/mol. The summed E-state index contributed by atoms with van der Waals surface area (Å²) < 4.78 is 23.2. The van der Waals surface area contributed by atoms with Crippen LogP contribution in [0.2, 0.25) is 0 Å². The first-order chi connectivity index (χ1) is 7.88. The number of nitrogens with zero attached hydrogens (tertiary/aromatic N) is 1. The molecule has 0 spiro atoms. The van der Waals surface area contributed by atoms with Crippen LogP contribution >= 0.6 is 11.8 Å². The monoisotopic (exact) mass is 278 g/mol. The van der Waals surface area contributed by atoms with Gasteiger partial charge in [0.1, 0.15) is 5.37 Å². The summed E-state index contributed by atoms with van der Waals surface area (Å²) in [6.07, 6.45) is 3.08. The fourth-order valence-corrected chi connectivity index (χ4v) is 4.50. The summed E-state index contributed by atoms with van der Waals surface area (Å²) in [4.78, 5) is 13.4. The fraction of sp³-hybridized carbons (Fsp3) is 0.700. The lowest BCUT2D eigenvalue weighted by Crippen LogP contribution is -2.54. The van der Waals surface area contributed by atoms with Crippen molar-refractivity contribution in [2.24, 2.45) is 5.73 Å². The maximum Gasteiger partial charge on any atom is 0.240 e. The van der Waals surface area contributed by atoms with E-state index in [4.69, 9.17) is 5.73 Å². The van der Waals surface area contributed by atoms with Crippen LogP contribution in [0.5, 0.6) is 0 Å². The van der Waals surface area contributed by atoms with Gasteiger partial charge in [-0.2, -0.15) is 11.8 Å². The zero-order chi connectivity index (χ0) is 13.1. The molecule has 5 nitrogen and oxygen atoms in total. The van der Waals surface area contributed by atoms with Crippen LogP contribution in [0.25, 0.3) is 0 Å². The first kappa shape index (κ1) is 14.5. The third-order valence-electron chi connectivity index (χ3n) is 2.60. The van der Waals surface area contributed by atoms with Gasteiger partial charge in [0.2, 0.25) is 5.91 Å². The fourth-order valence-electron chi connectivity index (χ4n) is 1.68. The Bertz CT molecular complexity index is 394. The van der Waals surface area contributed by atoms with Gasteiger partial charge in [-0.3, -0.25) is 4.79 Å². The van der Waals surface area contributed by atoms with Crippen LogP contribution in [-0.2, 0) is 14.6 Å². The predicted molar refractivity (Wildman–Crippen MR) is 70.5 cm³/mol. The van der Waals surface area contributed by atoms with E-state index in [1.54, 1.807) is 17.8 Å². The van der Waals surface area contributed by atoms with Crippen LogP contribution in [0, 0.1) is 0 Å². The number of carbonyl (C=O) groups excluding carboxylic acids is 1. The zero-order valence-corrected chi connectivity index (χ0v) is 11.5. The summed E-state index contributed by atoms with van der Waals surface area (Å²) in [7, 11) is -3.27. The summed E-state index contributed by atoms with van der Waals surface area (Å²) >= 11 is 1.54. The summed E-state index contributed by atoms with van der Waals surface area (Å²) in [6, 6.07) is -0.695. The average molecular weight is 278 g/mol. The Morgan fingerprint density at radius 2 is 2.35 bits per heavy atom. The molecule has 1 heterocycles. The van der Waals surface area contributed by atoms with E-state index >= 15 is 0 Å². The number of nitrogens with two attached hydrogens (primary N) is 1. The van der Waals surface area contributed by atoms with Gasteiger partial charge in [0, 0.05) is 24.3 Å². The van der Waals surface area contributed by atoms with E-state index in [2.05, 4.69) is 6.58 Å². The number of rotatable bonds is 4. The van der Waals surface area contributed by atoms with Crippen LogP contribution in [0.1, 0.15) is 6.42 Å². The van der Waals surface area contributed by atoms with E-state index in [1.165, 1.54) is 4.90 Å². The number of hydrogen-bond donors (Lipinski definition) is 1. The van der Waals surface area contributed by atoms with Crippen molar-refractivity contribution in [2.45, 2.75) is 17.8 Å². The second-order valence-electron chi connectivity index (χ2n) is 4.02. The van der Waals surface area contributed by atoms with Crippen molar-refractivity contribution < 1.29 is 13.2 Å². The van der Waals surface area contributed by atoms with E-state index in [1.807, 2.05) is 0 Å². The Hall–Kier alpha value is -0.530. The maximum absolute atomic E-state index is 12.0. The largest absolute Gasteiger partial charge is 0.323 e. The number of amides is 1. The quantitative estimate of drug-likeness (QED) is 0.723. The summed E-state index contributed by atoms with van der Waals surface area (Å²) in [5.41, 5.74) is 5.70. The molecule has 1 rings (SSSR count). The highest BCUT2D eigenvalue weighted by molar-refractivity contribution is 8.00. The lowest BCUT2D eigenvalue weighted by molar-refractivity contribution is -0.132. The van der Waals surface area contributed by atoms with Crippen molar-refractivity contribution in [1.29, 1.82) is 0 Å². The molecule has 2 N–H and O–H groups in total. The first-order valence-electron chi connectivity index (χ1n) is 5.31. The van der Waals surface area contributed by atoms with E-state index in [0.29, 0.717) is 18.7 Å². The van der Waals surface area contributed by atoms with Gasteiger partial charge >= 0.3 is 0 Å². The highest BCUT2D eigenvalue weighted by Gasteiger charge is 2.35. The van der Waals surface area contributed by atoms with Crippen LogP contribution in [-0.4, -0.2) is 54.9 Å². The Morgan fingerprint density at radius 1 is 1.71 bits per heavy atom. The number of carbonyl (C=O) groups is 1. The molecule has 1 aliphatic heterocycles. The Labute approximate surface area is 106 Å². The SMILES string of the molecule is C=CCC(N)C(=O)N1CCSCC1S(C)(=O)=O. The van der Waals surface area contributed by atoms with Crippen LogP contribution < -0.4 is 5.73 Å². The van der Waals surface area contributed by atoms with E-state index in [-0.39, 0.29) is 5.91 Å². The molecule has 0 aliphatic carbocycles. The Morgan fingerprint density at radius 3 is 2.88 bits per heavy atom. The van der Waals surface area contributed by atoms with Gasteiger partial charge in [0.05, 0.1) is 6.04 Å². The standard InChI is InChI=1S/C10H18N2O3S2/c1-3-4-8(11)10(13)12-5-6-16-7-9(12)17(2,14)15/h3,8-9H,1,4-7,11H2,2H3. The average Bonchev–Trinajstić information content (AvgIpc) is 2.27. The lowest BCUT2D eigenvalue weighted by atomic mass is 10.2. The topological polar surface area (TPSA) is 80.5 Å². The summed E-state index contributed by atoms with van der Waals surface area (Å²) in [5.74, 6) is 0.866. The van der Waals surface area contributed by atoms with Crippen molar-refractivity contribution in [1.82, 2.24) is 4.90 Å². The molecule has 0 saturated carbocycles. The van der Waals surface area contributed by atoms with Gasteiger partial charge in [0.15, 0.2) is 9.84 Å². The van der Waals surface area contributed by atoms with E-state index in [9.17, 15) is 13.2 Å². The third kappa shape index (κ3) is 3.72. The number of hydrogen-bond acceptors (Lipinski definition) is 5. The molecular formula is C10H18N2O3S2. The molecule has 2 atom stereocenters. The van der Waals surface area contributed by atoms with Gasteiger partial charge in [-0.25, -0.2) is 8.42 Å². The van der Waals surface area contributed by atoms with E-state index < -0.39 is 21.3 Å². The molecule has 0 bridgehead atoms. The minimum absolute atomic E-state index is 0.305. The minimum atomic E-state index is -3.27. The second kappa shape index (κ2) is 5.88. The molecule has 1 saturated heterocycles. The van der Waals surface area contributed by atoms with Gasteiger partial charge < -0.3 is 10.6 Å². The Balaban J connectivity index is 2.85. The molecule has 1 aliphatic rings. The molecule has 7 heteroatoms. The smallest absolute Gasteiger partial charge is 0.240 e. The molecule has 1 amide bonds. The predicted octanol–water partition coefficient (Wildman–Crippen LogP) is -0.164. The number of thioether (sulfide) groups is 1. The van der Waals surface area contributed by atoms with Crippen LogP contribution in [0.15, 0.2) is 12.7 Å². The lowest BCUT2D eigenvalue weighted by Gasteiger charge is -2.35. The highest BCUT2D eigenvalue weighted by Crippen LogP contribution is 2.21. The van der Waals surface area contributed by atoms with Gasteiger partial charge in [-0.1, -0.05) is 6.08 Å². The van der Waals surface area contributed by atoms with Crippen molar-refractivity contribution in [2.75, 3.05) is 24.3 Å². The number of sulfone groups is 1. The molecule has 17 heavy (non-hydrogen) atoms. The summed E-state index contributed by atoms with van der Waals surface area (Å²) in [6.45, 7) is 3.96. The molecule has 0 aromatic carbocycles. The minimum Gasteiger partial charge on any atom is -0.323 e. The van der Waals surface area contributed by atoms with Crippen LogP contribution in [0.4, 0.5) is 0 Å². The van der Waals surface area contributed by atoms with E-state index in [0.717, 1.165) is 12.0 Å². The maximum atomic E-state index is 12.0. The van der Waals surface area contributed by atoms with Crippen molar-refractivity contribution >= 4 is 27.5 Å². The molecule has 98 valence electrons. The normalized spacial score (nSPS) is 23.2. The second-order valence-corrected chi connectivity index (χ2v) is 7.37. The molecule has 0 radical (unpaired) electrons. The third-order valence-corrected chi connectivity index (χ3v) is 5.24. The Kier molecular flexibility index (Phi) is 5.03.